The standard InChI is InChI=1S/C30H35N9O2/c1-31-18-27-25-17-23(5-8-26(25)35-36-27)34-30(41)22-9-12-37(19-22)20-28(40)39-15-13-38(14-16-39)24-6-3-21(4-7-24)29-32-10-2-11-33-29/h2-8,10-11,17,22,31H,9,12-16,18-20H2,1H3,(H,34,41)(H,35,36)/t22-/m1/s1. The predicted octanol–water partition coefficient (Wildman–Crippen LogP) is 2.35. The second kappa shape index (κ2) is 12.0. The Labute approximate surface area is 238 Å². The maximum absolute atomic E-state index is 13.1. The number of benzene rings is 2. The Morgan fingerprint density at radius 3 is 2.54 bits per heavy atom. The largest absolute Gasteiger partial charge is 0.368 e. The molecule has 2 aromatic carbocycles. The summed E-state index contributed by atoms with van der Waals surface area (Å²) in [6.07, 6.45) is 4.23. The van der Waals surface area contributed by atoms with Gasteiger partial charge in [-0.3, -0.25) is 19.6 Å². The molecule has 0 radical (unpaired) electrons. The minimum absolute atomic E-state index is 0.00331. The van der Waals surface area contributed by atoms with Gasteiger partial charge in [-0.2, -0.15) is 5.10 Å². The van der Waals surface area contributed by atoms with Gasteiger partial charge >= 0.3 is 0 Å². The van der Waals surface area contributed by atoms with Crippen molar-refractivity contribution in [2.24, 2.45) is 5.92 Å². The van der Waals surface area contributed by atoms with E-state index in [4.69, 9.17) is 0 Å². The van der Waals surface area contributed by atoms with Gasteiger partial charge in [0.15, 0.2) is 5.82 Å². The van der Waals surface area contributed by atoms with E-state index >= 15 is 0 Å². The fraction of sp³-hybridized carbons (Fsp3) is 0.367. The fourth-order valence-electron chi connectivity index (χ4n) is 5.66. The zero-order chi connectivity index (χ0) is 28.2. The molecule has 3 N–H and O–H groups in total. The summed E-state index contributed by atoms with van der Waals surface area (Å²) < 4.78 is 0. The van der Waals surface area contributed by atoms with Crippen LogP contribution < -0.4 is 15.5 Å². The SMILES string of the molecule is CNCc1[nH]nc2ccc(NC(=O)[C@@H]3CCN(CC(=O)N4CCN(c5ccc(-c6ncccn6)cc5)CC4)C3)cc12. The number of rotatable bonds is 8. The topological polar surface area (TPSA) is 122 Å². The van der Waals surface area contributed by atoms with Crippen LogP contribution in [0, 0.1) is 5.92 Å². The highest BCUT2D eigenvalue weighted by atomic mass is 16.2. The molecule has 0 unspecified atom stereocenters. The van der Waals surface area contributed by atoms with E-state index in [1.165, 1.54) is 0 Å². The summed E-state index contributed by atoms with van der Waals surface area (Å²) in [5.74, 6) is 0.701. The number of H-pyrrole nitrogens is 1. The Morgan fingerprint density at radius 1 is 1.00 bits per heavy atom. The summed E-state index contributed by atoms with van der Waals surface area (Å²) in [7, 11) is 1.89. The Hall–Kier alpha value is -4.35. The predicted molar refractivity (Wildman–Crippen MR) is 158 cm³/mol. The molecule has 212 valence electrons. The van der Waals surface area contributed by atoms with Crippen LogP contribution in [0.4, 0.5) is 11.4 Å². The number of aromatic nitrogens is 4. The highest BCUT2D eigenvalue weighted by Gasteiger charge is 2.31. The van der Waals surface area contributed by atoms with E-state index in [1.807, 2.05) is 48.3 Å². The van der Waals surface area contributed by atoms with Gasteiger partial charge in [-0.1, -0.05) is 0 Å². The normalized spacial score (nSPS) is 17.7. The molecule has 0 aliphatic carbocycles. The number of likely N-dealkylation sites (tertiary alicyclic amines) is 1. The number of anilines is 2. The Kier molecular flexibility index (Phi) is 7.88. The van der Waals surface area contributed by atoms with Gasteiger partial charge in [0.2, 0.25) is 11.8 Å². The number of piperazine rings is 1. The van der Waals surface area contributed by atoms with Crippen molar-refractivity contribution >= 4 is 34.1 Å². The molecule has 1 atom stereocenters. The molecule has 2 amide bonds. The van der Waals surface area contributed by atoms with E-state index in [0.717, 1.165) is 59.6 Å². The quantitative estimate of drug-likeness (QED) is 0.304. The van der Waals surface area contributed by atoms with Crippen LogP contribution >= 0.6 is 0 Å². The number of nitrogens with zero attached hydrogens (tertiary/aromatic N) is 6. The van der Waals surface area contributed by atoms with Crippen LogP contribution in [-0.2, 0) is 16.1 Å². The summed E-state index contributed by atoms with van der Waals surface area (Å²) in [4.78, 5) is 41.1. The van der Waals surface area contributed by atoms with Crippen LogP contribution in [0.5, 0.6) is 0 Å². The summed E-state index contributed by atoms with van der Waals surface area (Å²) in [6, 6.07) is 15.8. The van der Waals surface area contributed by atoms with Gasteiger partial charge in [0.1, 0.15) is 0 Å². The van der Waals surface area contributed by atoms with E-state index in [-0.39, 0.29) is 17.7 Å². The lowest BCUT2D eigenvalue weighted by atomic mass is 10.1. The number of hydrogen-bond acceptors (Lipinski definition) is 8. The molecule has 4 heterocycles. The van der Waals surface area contributed by atoms with Crippen LogP contribution in [0.3, 0.4) is 0 Å². The highest BCUT2D eigenvalue weighted by Crippen LogP contribution is 2.24. The minimum Gasteiger partial charge on any atom is -0.368 e. The highest BCUT2D eigenvalue weighted by molar-refractivity contribution is 5.95. The molecule has 11 nitrogen and oxygen atoms in total. The maximum atomic E-state index is 13.1. The molecule has 11 heteroatoms. The Bertz CT molecular complexity index is 1500. The molecule has 0 bridgehead atoms. The molecular formula is C30H35N9O2. The molecule has 41 heavy (non-hydrogen) atoms. The molecule has 0 saturated carbocycles. The summed E-state index contributed by atoms with van der Waals surface area (Å²) in [5, 5.41) is 14.6. The number of nitrogens with one attached hydrogen (secondary N) is 3. The van der Waals surface area contributed by atoms with Gasteiger partial charge < -0.3 is 20.4 Å². The number of hydrogen-bond donors (Lipinski definition) is 3. The summed E-state index contributed by atoms with van der Waals surface area (Å²) in [5.41, 5.74) is 4.74. The van der Waals surface area contributed by atoms with Gasteiger partial charge in [-0.05, 0) is 68.5 Å². The third kappa shape index (κ3) is 6.06. The number of aromatic amines is 1. The molecule has 6 rings (SSSR count). The third-order valence-corrected chi connectivity index (χ3v) is 7.94. The average molecular weight is 554 g/mol. The van der Waals surface area contributed by atoms with Crippen molar-refractivity contribution in [3.63, 3.8) is 0 Å². The Morgan fingerprint density at radius 2 is 1.78 bits per heavy atom. The van der Waals surface area contributed by atoms with Crippen molar-refractivity contribution in [1.29, 1.82) is 0 Å². The lowest BCUT2D eigenvalue weighted by Crippen LogP contribution is -2.51. The van der Waals surface area contributed by atoms with Crippen molar-refractivity contribution in [2.45, 2.75) is 13.0 Å². The minimum atomic E-state index is -0.138. The van der Waals surface area contributed by atoms with Crippen LogP contribution in [0.1, 0.15) is 12.1 Å². The fourth-order valence-corrected chi connectivity index (χ4v) is 5.66. The van der Waals surface area contributed by atoms with E-state index in [9.17, 15) is 9.59 Å². The maximum Gasteiger partial charge on any atom is 0.236 e. The van der Waals surface area contributed by atoms with Gasteiger partial charge in [0.05, 0.1) is 23.7 Å². The first-order valence-corrected chi connectivity index (χ1v) is 14.1. The van der Waals surface area contributed by atoms with Crippen molar-refractivity contribution in [1.82, 2.24) is 35.3 Å². The lowest BCUT2D eigenvalue weighted by molar-refractivity contribution is -0.132. The van der Waals surface area contributed by atoms with E-state index in [1.54, 1.807) is 12.4 Å². The van der Waals surface area contributed by atoms with E-state index in [0.29, 0.717) is 38.5 Å². The molecule has 2 aromatic heterocycles. The summed E-state index contributed by atoms with van der Waals surface area (Å²) >= 11 is 0. The third-order valence-electron chi connectivity index (χ3n) is 7.94. The first-order chi connectivity index (χ1) is 20.1. The van der Waals surface area contributed by atoms with Crippen molar-refractivity contribution < 1.29 is 9.59 Å². The molecule has 2 saturated heterocycles. The zero-order valence-corrected chi connectivity index (χ0v) is 23.2. The van der Waals surface area contributed by atoms with Crippen molar-refractivity contribution in [2.75, 3.05) is 63.1 Å². The number of carbonyl (C=O) groups excluding carboxylic acids is 2. The second-order valence-corrected chi connectivity index (χ2v) is 10.7. The molecule has 4 aromatic rings. The molecule has 2 aliphatic rings. The lowest BCUT2D eigenvalue weighted by Gasteiger charge is -2.36. The Balaban J connectivity index is 0.969. The van der Waals surface area contributed by atoms with E-state index < -0.39 is 0 Å². The molecular weight excluding hydrogens is 518 g/mol. The first kappa shape index (κ1) is 26.9. The van der Waals surface area contributed by atoms with Crippen LogP contribution in [0.2, 0.25) is 0 Å². The number of carbonyl (C=O) groups is 2. The average Bonchev–Trinajstić information content (AvgIpc) is 3.65. The van der Waals surface area contributed by atoms with Gasteiger partial charge in [0.25, 0.3) is 0 Å². The zero-order valence-electron chi connectivity index (χ0n) is 23.2. The molecule has 2 aliphatic heterocycles. The molecule has 0 spiro atoms. The number of fused-ring (bicyclic) bond motifs is 1. The molecule has 2 fully saturated rings. The smallest absolute Gasteiger partial charge is 0.236 e. The van der Waals surface area contributed by atoms with Crippen molar-refractivity contribution in [3.05, 3.63) is 66.6 Å². The van der Waals surface area contributed by atoms with Crippen LogP contribution in [0.25, 0.3) is 22.3 Å². The van der Waals surface area contributed by atoms with E-state index in [2.05, 4.69) is 52.7 Å². The van der Waals surface area contributed by atoms with Crippen molar-refractivity contribution in [3.8, 4) is 11.4 Å². The first-order valence-electron chi connectivity index (χ1n) is 14.1. The van der Waals surface area contributed by atoms with Gasteiger partial charge in [0, 0.05) is 74.0 Å². The number of amides is 2. The second-order valence-electron chi connectivity index (χ2n) is 10.7. The van der Waals surface area contributed by atoms with Gasteiger partial charge in [-0.15, -0.1) is 0 Å². The monoisotopic (exact) mass is 553 g/mol. The van der Waals surface area contributed by atoms with Crippen LogP contribution in [0.15, 0.2) is 60.9 Å². The van der Waals surface area contributed by atoms with Crippen LogP contribution in [-0.4, -0.2) is 94.6 Å². The van der Waals surface area contributed by atoms with Gasteiger partial charge in [-0.25, -0.2) is 9.97 Å². The summed E-state index contributed by atoms with van der Waals surface area (Å²) in [6.45, 7) is 5.31.